The van der Waals surface area contributed by atoms with E-state index < -0.39 is 0 Å². The molecule has 0 saturated heterocycles. The minimum absolute atomic E-state index is 0.377. The van der Waals surface area contributed by atoms with Crippen molar-refractivity contribution in [3.05, 3.63) is 65.2 Å². The second-order valence-electron chi connectivity index (χ2n) is 5.58. The van der Waals surface area contributed by atoms with Crippen molar-refractivity contribution in [1.82, 2.24) is 0 Å². The van der Waals surface area contributed by atoms with Crippen LogP contribution in [0.2, 0.25) is 0 Å². The third-order valence-corrected chi connectivity index (χ3v) is 4.03. The molecule has 0 bridgehead atoms. The molecule has 0 saturated carbocycles. The van der Waals surface area contributed by atoms with E-state index in [1.165, 1.54) is 11.1 Å². The number of nitrogens with two attached hydrogens (primary N) is 1. The van der Waals surface area contributed by atoms with Gasteiger partial charge >= 0.3 is 0 Å². The number of fused-ring (bicyclic) bond motifs is 1. The number of carbonyl (C=O) groups excluding carboxylic acids is 1. The fraction of sp³-hybridized carbons (Fsp3) is 0.278. The van der Waals surface area contributed by atoms with Gasteiger partial charge in [-0.15, -0.1) is 0 Å². The zero-order valence-corrected chi connectivity index (χ0v) is 11.9. The molecule has 3 nitrogen and oxygen atoms in total. The molecule has 0 fully saturated rings. The Kier molecular flexibility index (Phi) is 3.91. The van der Waals surface area contributed by atoms with Crippen molar-refractivity contribution < 1.29 is 9.53 Å². The molecule has 0 radical (unpaired) electrons. The van der Waals surface area contributed by atoms with Gasteiger partial charge in [0.25, 0.3) is 0 Å². The van der Waals surface area contributed by atoms with E-state index in [4.69, 9.17) is 10.5 Å². The summed E-state index contributed by atoms with van der Waals surface area (Å²) in [6, 6.07) is 15.9. The average Bonchev–Trinajstić information content (AvgIpc) is 2.69. The molecule has 1 aliphatic heterocycles. The number of amides is 1. The normalized spacial score (nSPS) is 17.4. The van der Waals surface area contributed by atoms with E-state index in [1.807, 2.05) is 24.3 Å². The summed E-state index contributed by atoms with van der Waals surface area (Å²) in [6.07, 6.45) is 3.08. The molecule has 0 unspecified atom stereocenters. The summed E-state index contributed by atoms with van der Waals surface area (Å²) in [4.78, 5) is 11.1. The molecule has 2 aromatic carbocycles. The van der Waals surface area contributed by atoms with E-state index in [0.29, 0.717) is 11.5 Å². The van der Waals surface area contributed by atoms with Gasteiger partial charge in [-0.1, -0.05) is 30.3 Å². The number of ether oxygens (including phenoxy) is 1. The maximum absolute atomic E-state index is 11.1. The van der Waals surface area contributed by atoms with Crippen molar-refractivity contribution in [1.29, 1.82) is 0 Å². The van der Waals surface area contributed by atoms with Crippen molar-refractivity contribution in [2.45, 2.75) is 19.3 Å². The number of hydrogen-bond donors (Lipinski definition) is 1. The van der Waals surface area contributed by atoms with Gasteiger partial charge in [-0.05, 0) is 54.5 Å². The average molecular weight is 281 g/mol. The van der Waals surface area contributed by atoms with Gasteiger partial charge in [-0.25, -0.2) is 0 Å². The van der Waals surface area contributed by atoms with Crippen LogP contribution in [0, 0.1) is 5.92 Å². The Labute approximate surface area is 124 Å². The first-order valence-electron chi connectivity index (χ1n) is 7.32. The summed E-state index contributed by atoms with van der Waals surface area (Å²) in [5.74, 6) is 1.20. The van der Waals surface area contributed by atoms with Crippen LogP contribution in [-0.2, 0) is 12.8 Å². The number of carbonyl (C=O) groups is 1. The van der Waals surface area contributed by atoms with Gasteiger partial charge < -0.3 is 10.5 Å². The molecule has 3 heteroatoms. The lowest BCUT2D eigenvalue weighted by Crippen LogP contribution is -2.12. The molecule has 1 amide bonds. The van der Waals surface area contributed by atoms with Crippen LogP contribution < -0.4 is 10.5 Å². The summed E-state index contributed by atoms with van der Waals surface area (Å²) in [5.41, 5.74) is 8.36. The number of hydrogen-bond acceptors (Lipinski definition) is 2. The Balaban J connectivity index is 1.71. The Morgan fingerprint density at radius 2 is 1.90 bits per heavy atom. The van der Waals surface area contributed by atoms with E-state index in [2.05, 4.69) is 12.1 Å². The Morgan fingerprint density at radius 1 is 1.14 bits per heavy atom. The zero-order chi connectivity index (χ0) is 14.7. The molecular formula is C18H19NO2. The van der Waals surface area contributed by atoms with Gasteiger partial charge in [0.05, 0.1) is 6.61 Å². The van der Waals surface area contributed by atoms with E-state index in [9.17, 15) is 4.79 Å². The molecular weight excluding hydrogens is 262 g/mol. The second-order valence-corrected chi connectivity index (χ2v) is 5.58. The summed E-state index contributed by atoms with van der Waals surface area (Å²) in [7, 11) is 0. The molecule has 1 heterocycles. The van der Waals surface area contributed by atoms with E-state index >= 15 is 0 Å². The molecule has 3 rings (SSSR count). The fourth-order valence-electron chi connectivity index (χ4n) is 2.87. The van der Waals surface area contributed by atoms with Crippen LogP contribution in [0.5, 0.6) is 5.75 Å². The highest BCUT2D eigenvalue weighted by Crippen LogP contribution is 2.28. The van der Waals surface area contributed by atoms with Crippen LogP contribution in [0.1, 0.15) is 27.9 Å². The van der Waals surface area contributed by atoms with Gasteiger partial charge in [-0.3, -0.25) is 4.79 Å². The van der Waals surface area contributed by atoms with Crippen LogP contribution in [0.25, 0.3) is 0 Å². The lowest BCUT2D eigenvalue weighted by molar-refractivity contribution is 0.100. The topological polar surface area (TPSA) is 52.3 Å². The molecule has 2 aromatic rings. The first-order chi connectivity index (χ1) is 10.2. The van der Waals surface area contributed by atoms with Crippen molar-refractivity contribution in [3.8, 4) is 5.75 Å². The lowest BCUT2D eigenvalue weighted by Gasteiger charge is -2.13. The highest BCUT2D eigenvalue weighted by atomic mass is 16.5. The molecule has 2 N–H and O–H groups in total. The summed E-state index contributed by atoms with van der Waals surface area (Å²) >= 11 is 0. The van der Waals surface area contributed by atoms with Crippen molar-refractivity contribution in [3.63, 3.8) is 0 Å². The van der Waals surface area contributed by atoms with Gasteiger partial charge in [0.1, 0.15) is 5.75 Å². The van der Waals surface area contributed by atoms with Gasteiger partial charge in [0, 0.05) is 5.56 Å². The summed E-state index contributed by atoms with van der Waals surface area (Å²) in [6.45, 7) is 0.765. The van der Waals surface area contributed by atoms with Crippen molar-refractivity contribution in [2.24, 2.45) is 11.7 Å². The largest absolute Gasteiger partial charge is 0.493 e. The smallest absolute Gasteiger partial charge is 0.248 e. The first kappa shape index (κ1) is 13.7. The summed E-state index contributed by atoms with van der Waals surface area (Å²) in [5, 5.41) is 0. The summed E-state index contributed by atoms with van der Waals surface area (Å²) < 4.78 is 5.81. The molecule has 21 heavy (non-hydrogen) atoms. The molecule has 0 aromatic heterocycles. The maximum Gasteiger partial charge on any atom is 0.248 e. The molecule has 1 aliphatic rings. The van der Waals surface area contributed by atoms with E-state index in [-0.39, 0.29) is 5.91 Å². The second kappa shape index (κ2) is 6.00. The molecule has 0 aliphatic carbocycles. The minimum atomic E-state index is -0.377. The minimum Gasteiger partial charge on any atom is -0.493 e. The fourth-order valence-corrected chi connectivity index (χ4v) is 2.87. The van der Waals surface area contributed by atoms with Crippen LogP contribution in [-0.4, -0.2) is 12.5 Å². The van der Waals surface area contributed by atoms with Crippen molar-refractivity contribution >= 4 is 5.91 Å². The van der Waals surface area contributed by atoms with Gasteiger partial charge in [0.2, 0.25) is 5.91 Å². The SMILES string of the molecule is NC(=O)c1ccc(C[C@H]2CCOc3ccccc3C2)cc1. The van der Waals surface area contributed by atoms with Crippen molar-refractivity contribution in [2.75, 3.05) is 6.61 Å². The quantitative estimate of drug-likeness (QED) is 0.940. The van der Waals surface area contributed by atoms with Gasteiger partial charge in [-0.2, -0.15) is 0 Å². The molecule has 1 atom stereocenters. The number of para-hydroxylation sites is 1. The predicted molar refractivity (Wildman–Crippen MR) is 82.4 cm³/mol. The number of benzene rings is 2. The number of rotatable bonds is 3. The highest BCUT2D eigenvalue weighted by molar-refractivity contribution is 5.92. The monoisotopic (exact) mass is 281 g/mol. The Hall–Kier alpha value is -2.29. The van der Waals surface area contributed by atoms with E-state index in [1.54, 1.807) is 12.1 Å². The third kappa shape index (κ3) is 3.24. The third-order valence-electron chi connectivity index (χ3n) is 4.03. The number of primary amides is 1. The van der Waals surface area contributed by atoms with Gasteiger partial charge in [0.15, 0.2) is 0 Å². The Bertz CT molecular complexity index is 634. The first-order valence-corrected chi connectivity index (χ1v) is 7.32. The lowest BCUT2D eigenvalue weighted by atomic mass is 9.90. The highest BCUT2D eigenvalue weighted by Gasteiger charge is 2.17. The maximum atomic E-state index is 11.1. The zero-order valence-electron chi connectivity index (χ0n) is 11.9. The van der Waals surface area contributed by atoms with Crippen LogP contribution >= 0.6 is 0 Å². The van der Waals surface area contributed by atoms with Crippen LogP contribution in [0.3, 0.4) is 0 Å². The standard InChI is InChI=1S/C18H19NO2/c19-18(20)15-7-5-13(6-8-15)11-14-9-10-21-17-4-2-1-3-16(17)12-14/h1-8,14H,9-12H2,(H2,19,20)/t14-/m1/s1. The predicted octanol–water partition coefficient (Wildman–Crippen LogP) is 2.97. The molecule has 0 spiro atoms. The Morgan fingerprint density at radius 3 is 2.67 bits per heavy atom. The van der Waals surface area contributed by atoms with E-state index in [0.717, 1.165) is 31.6 Å². The van der Waals surface area contributed by atoms with Crippen LogP contribution in [0.15, 0.2) is 48.5 Å². The molecule has 108 valence electrons. The van der Waals surface area contributed by atoms with Crippen LogP contribution in [0.4, 0.5) is 0 Å².